The first-order valence-corrected chi connectivity index (χ1v) is 7.68. The summed E-state index contributed by atoms with van der Waals surface area (Å²) in [5, 5.41) is 0. The van der Waals surface area contributed by atoms with Crippen molar-refractivity contribution in [2.45, 2.75) is 31.6 Å². The quantitative estimate of drug-likeness (QED) is 0.922. The van der Waals surface area contributed by atoms with Gasteiger partial charge in [0.05, 0.1) is 4.90 Å². The Kier molecular flexibility index (Phi) is 3.75. The van der Waals surface area contributed by atoms with Gasteiger partial charge in [-0.3, -0.25) is 9.52 Å². The first-order chi connectivity index (χ1) is 8.87. The van der Waals surface area contributed by atoms with E-state index in [0.29, 0.717) is 18.5 Å². The molecule has 1 aliphatic carbocycles. The number of carbonyl (C=O) groups excluding carboxylic acids is 1. The van der Waals surface area contributed by atoms with Crippen molar-refractivity contribution in [2.24, 2.45) is 5.92 Å². The van der Waals surface area contributed by atoms with Gasteiger partial charge in [0.2, 0.25) is 0 Å². The molecule has 1 atom stereocenters. The topological polar surface area (TPSA) is 63.2 Å². The number of hydrogen-bond acceptors (Lipinski definition) is 3. The number of ketones is 1. The number of benzene rings is 1. The maximum Gasteiger partial charge on any atom is 0.261 e. The van der Waals surface area contributed by atoms with E-state index >= 15 is 0 Å². The molecule has 0 saturated carbocycles. The van der Waals surface area contributed by atoms with E-state index in [4.69, 9.17) is 0 Å². The lowest BCUT2D eigenvalue weighted by Crippen LogP contribution is -2.27. The summed E-state index contributed by atoms with van der Waals surface area (Å²) in [5.74, 6) is 0.147. The van der Waals surface area contributed by atoms with Gasteiger partial charge < -0.3 is 0 Å². The molecule has 102 valence electrons. The Morgan fingerprint density at radius 3 is 2.37 bits per heavy atom. The Labute approximate surface area is 113 Å². The third kappa shape index (κ3) is 3.44. The Hall–Kier alpha value is -1.62. The molecule has 5 heteroatoms. The molecular formula is C14H17NO3S. The number of hydrogen-bond donors (Lipinski definition) is 1. The molecule has 1 aliphatic rings. The second-order valence-corrected chi connectivity index (χ2v) is 6.75. The lowest BCUT2D eigenvalue weighted by molar-refractivity contribution is -0.115. The van der Waals surface area contributed by atoms with E-state index in [9.17, 15) is 13.2 Å². The molecule has 19 heavy (non-hydrogen) atoms. The summed E-state index contributed by atoms with van der Waals surface area (Å²) in [7, 11) is -3.59. The highest BCUT2D eigenvalue weighted by Crippen LogP contribution is 2.21. The molecule has 0 saturated heterocycles. The smallest absolute Gasteiger partial charge is 0.261 e. The van der Waals surface area contributed by atoms with Gasteiger partial charge in [-0.1, -0.05) is 24.6 Å². The van der Waals surface area contributed by atoms with Crippen molar-refractivity contribution in [3.05, 3.63) is 41.6 Å². The number of carbonyl (C=O) groups is 1. The van der Waals surface area contributed by atoms with Crippen LogP contribution in [-0.4, -0.2) is 14.2 Å². The standard InChI is InChI=1S/C14H17NO3S/c1-10-3-5-14(6-4-10)19(17,18)15-12-7-11(2)8-13(16)9-12/h3-6,9,11,15H,7-8H2,1-2H3. The molecule has 2 rings (SSSR count). The maximum absolute atomic E-state index is 12.2. The van der Waals surface area contributed by atoms with E-state index in [1.807, 2.05) is 13.8 Å². The molecule has 0 aliphatic heterocycles. The zero-order valence-corrected chi connectivity index (χ0v) is 11.8. The van der Waals surface area contributed by atoms with E-state index in [2.05, 4.69) is 4.72 Å². The molecule has 1 unspecified atom stereocenters. The molecular weight excluding hydrogens is 262 g/mol. The summed E-state index contributed by atoms with van der Waals surface area (Å²) >= 11 is 0. The first kappa shape index (κ1) is 13.8. The van der Waals surface area contributed by atoms with Gasteiger partial charge in [-0.25, -0.2) is 8.42 Å². The van der Waals surface area contributed by atoms with Crippen molar-refractivity contribution >= 4 is 15.8 Å². The van der Waals surface area contributed by atoms with Crippen LogP contribution in [0.3, 0.4) is 0 Å². The summed E-state index contributed by atoms with van der Waals surface area (Å²) in [6.07, 6.45) is 2.46. The lowest BCUT2D eigenvalue weighted by Gasteiger charge is -2.19. The SMILES string of the molecule is Cc1ccc(S(=O)(=O)NC2=CC(=O)CC(C)C2)cc1. The Morgan fingerprint density at radius 1 is 1.16 bits per heavy atom. The van der Waals surface area contributed by atoms with Crippen molar-refractivity contribution in [3.8, 4) is 0 Å². The second-order valence-electron chi connectivity index (χ2n) is 5.07. The predicted molar refractivity (Wildman–Crippen MR) is 73.0 cm³/mol. The van der Waals surface area contributed by atoms with Crippen molar-refractivity contribution in [3.63, 3.8) is 0 Å². The van der Waals surface area contributed by atoms with Crippen LogP contribution in [0.5, 0.6) is 0 Å². The summed E-state index contributed by atoms with van der Waals surface area (Å²) in [5.41, 5.74) is 1.48. The predicted octanol–water partition coefficient (Wildman–Crippen LogP) is 2.16. The van der Waals surface area contributed by atoms with Crippen molar-refractivity contribution in [1.29, 1.82) is 0 Å². The fraction of sp³-hybridized carbons (Fsp3) is 0.357. The molecule has 0 bridgehead atoms. The Morgan fingerprint density at radius 2 is 1.79 bits per heavy atom. The number of rotatable bonds is 3. The largest absolute Gasteiger partial charge is 0.295 e. The minimum Gasteiger partial charge on any atom is -0.295 e. The molecule has 1 N–H and O–H groups in total. The fourth-order valence-corrected chi connectivity index (χ4v) is 3.22. The molecule has 0 spiro atoms. The third-order valence-electron chi connectivity index (χ3n) is 3.05. The van der Waals surface area contributed by atoms with Gasteiger partial charge in [-0.2, -0.15) is 0 Å². The highest BCUT2D eigenvalue weighted by atomic mass is 32.2. The van der Waals surface area contributed by atoms with Crippen LogP contribution in [0.2, 0.25) is 0 Å². The van der Waals surface area contributed by atoms with Gasteiger partial charge in [0.15, 0.2) is 5.78 Å². The number of aryl methyl sites for hydroxylation is 1. The number of allylic oxidation sites excluding steroid dienone is 2. The van der Waals surface area contributed by atoms with Crippen LogP contribution in [0.1, 0.15) is 25.3 Å². The van der Waals surface area contributed by atoms with Gasteiger partial charge in [0, 0.05) is 18.2 Å². The maximum atomic E-state index is 12.2. The van der Waals surface area contributed by atoms with Crippen LogP contribution in [0, 0.1) is 12.8 Å². The van der Waals surface area contributed by atoms with E-state index in [-0.39, 0.29) is 16.6 Å². The average molecular weight is 279 g/mol. The normalized spacial score (nSPS) is 20.0. The first-order valence-electron chi connectivity index (χ1n) is 6.20. The number of sulfonamides is 1. The average Bonchev–Trinajstić information content (AvgIpc) is 2.27. The van der Waals surface area contributed by atoms with Gasteiger partial charge in [-0.15, -0.1) is 0 Å². The molecule has 0 fully saturated rings. The minimum atomic E-state index is -3.59. The molecule has 0 radical (unpaired) electrons. The van der Waals surface area contributed by atoms with Gasteiger partial charge in [-0.05, 0) is 31.4 Å². The van der Waals surface area contributed by atoms with Crippen LogP contribution in [0.4, 0.5) is 0 Å². The third-order valence-corrected chi connectivity index (χ3v) is 4.47. The minimum absolute atomic E-state index is 0.0274. The van der Waals surface area contributed by atoms with E-state index in [1.54, 1.807) is 24.3 Å². The Balaban J connectivity index is 2.22. The summed E-state index contributed by atoms with van der Waals surface area (Å²) in [6, 6.07) is 6.62. The van der Waals surface area contributed by atoms with Crippen molar-refractivity contribution < 1.29 is 13.2 Å². The molecule has 1 aromatic rings. The van der Waals surface area contributed by atoms with Crippen molar-refractivity contribution in [1.82, 2.24) is 4.72 Å². The van der Waals surface area contributed by atoms with E-state index in [0.717, 1.165) is 5.56 Å². The summed E-state index contributed by atoms with van der Waals surface area (Å²) in [4.78, 5) is 11.7. The molecule has 4 nitrogen and oxygen atoms in total. The zero-order valence-electron chi connectivity index (χ0n) is 11.0. The second kappa shape index (κ2) is 5.17. The Bertz CT molecular complexity index is 615. The van der Waals surface area contributed by atoms with Gasteiger partial charge in [0.25, 0.3) is 10.0 Å². The van der Waals surface area contributed by atoms with Gasteiger partial charge in [0.1, 0.15) is 0 Å². The van der Waals surface area contributed by atoms with Crippen LogP contribution in [-0.2, 0) is 14.8 Å². The zero-order chi connectivity index (χ0) is 14.0. The van der Waals surface area contributed by atoms with E-state index < -0.39 is 10.0 Å². The number of nitrogens with one attached hydrogen (secondary N) is 1. The monoisotopic (exact) mass is 279 g/mol. The van der Waals surface area contributed by atoms with Crippen LogP contribution in [0.15, 0.2) is 40.9 Å². The fourth-order valence-electron chi connectivity index (χ4n) is 2.12. The highest BCUT2D eigenvalue weighted by molar-refractivity contribution is 7.89. The van der Waals surface area contributed by atoms with Crippen LogP contribution < -0.4 is 4.72 Å². The summed E-state index contributed by atoms with van der Waals surface area (Å²) in [6.45, 7) is 3.83. The van der Waals surface area contributed by atoms with Crippen LogP contribution >= 0.6 is 0 Å². The molecule has 0 amide bonds. The van der Waals surface area contributed by atoms with Crippen molar-refractivity contribution in [2.75, 3.05) is 0 Å². The molecule has 0 heterocycles. The lowest BCUT2D eigenvalue weighted by atomic mass is 9.93. The van der Waals surface area contributed by atoms with E-state index in [1.165, 1.54) is 6.08 Å². The summed E-state index contributed by atoms with van der Waals surface area (Å²) < 4.78 is 26.8. The molecule has 1 aromatic carbocycles. The van der Waals surface area contributed by atoms with Gasteiger partial charge >= 0.3 is 0 Å². The molecule has 0 aromatic heterocycles. The van der Waals surface area contributed by atoms with Crippen LogP contribution in [0.25, 0.3) is 0 Å². The highest BCUT2D eigenvalue weighted by Gasteiger charge is 2.21.